The second-order valence-electron chi connectivity index (χ2n) is 6.17. The fourth-order valence-electron chi connectivity index (χ4n) is 2.89. The van der Waals surface area contributed by atoms with Crippen LogP contribution < -0.4 is 5.32 Å². The summed E-state index contributed by atoms with van der Waals surface area (Å²) in [6.45, 7) is 0.533. The average molecular weight is 371 g/mol. The Morgan fingerprint density at radius 3 is 2.86 bits per heavy atom. The minimum Gasteiger partial charge on any atom is -0.380 e. The smallest absolute Gasteiger partial charge is 0.229 e. The first-order valence-corrected chi connectivity index (χ1v) is 8.66. The summed E-state index contributed by atoms with van der Waals surface area (Å²) >= 11 is 0. The van der Waals surface area contributed by atoms with E-state index >= 15 is 0 Å². The van der Waals surface area contributed by atoms with Crippen molar-refractivity contribution in [2.75, 3.05) is 12.4 Å². The van der Waals surface area contributed by atoms with Gasteiger partial charge in [0.15, 0.2) is 11.2 Å². The highest BCUT2D eigenvalue weighted by Gasteiger charge is 2.11. The molecule has 0 saturated carbocycles. The highest BCUT2D eigenvalue weighted by Crippen LogP contribution is 2.19. The molecule has 0 bridgehead atoms. The van der Waals surface area contributed by atoms with Gasteiger partial charge in [-0.2, -0.15) is 14.9 Å². The summed E-state index contributed by atoms with van der Waals surface area (Å²) < 4.78 is 6.82. The number of anilines is 2. The van der Waals surface area contributed by atoms with Crippen LogP contribution in [-0.4, -0.2) is 32.1 Å². The monoisotopic (exact) mass is 371 g/mol. The number of benzene rings is 2. The van der Waals surface area contributed by atoms with Crippen LogP contribution in [0.25, 0.3) is 16.9 Å². The quantitative estimate of drug-likeness (QED) is 0.555. The summed E-state index contributed by atoms with van der Waals surface area (Å²) in [6.07, 6.45) is 1.96. The van der Waals surface area contributed by atoms with E-state index in [9.17, 15) is 0 Å². The molecule has 4 rings (SSSR count). The van der Waals surface area contributed by atoms with Crippen molar-refractivity contribution >= 4 is 22.8 Å². The van der Waals surface area contributed by atoms with Gasteiger partial charge in [0.2, 0.25) is 5.95 Å². The van der Waals surface area contributed by atoms with Gasteiger partial charge in [-0.15, -0.1) is 5.10 Å². The van der Waals surface area contributed by atoms with Crippen LogP contribution in [-0.2, 0) is 17.8 Å². The number of ether oxygens (including phenoxy) is 1. The Bertz CT molecular complexity index is 1160. The average Bonchev–Trinajstić information content (AvgIpc) is 3.12. The third kappa shape index (κ3) is 3.65. The third-order valence-corrected chi connectivity index (χ3v) is 4.12. The van der Waals surface area contributed by atoms with Crippen molar-refractivity contribution in [3.05, 3.63) is 65.9 Å². The number of nitrogens with zero attached hydrogens (tertiary/aromatic N) is 6. The van der Waals surface area contributed by atoms with E-state index in [2.05, 4.69) is 31.7 Å². The molecule has 1 N–H and O–H groups in total. The predicted molar refractivity (Wildman–Crippen MR) is 104 cm³/mol. The van der Waals surface area contributed by atoms with Crippen LogP contribution in [0.3, 0.4) is 0 Å². The van der Waals surface area contributed by atoms with Crippen molar-refractivity contribution in [2.45, 2.75) is 13.0 Å². The van der Waals surface area contributed by atoms with Crippen LogP contribution in [0.1, 0.15) is 11.1 Å². The second kappa shape index (κ2) is 7.82. The summed E-state index contributed by atoms with van der Waals surface area (Å²) in [6, 6.07) is 17.6. The lowest BCUT2D eigenvalue weighted by molar-refractivity contribution is 0.185. The van der Waals surface area contributed by atoms with Crippen LogP contribution in [0.5, 0.6) is 0 Å². The summed E-state index contributed by atoms with van der Waals surface area (Å²) in [5, 5.41) is 20.5. The maximum absolute atomic E-state index is 8.92. The van der Waals surface area contributed by atoms with E-state index < -0.39 is 0 Å². The molecule has 0 amide bonds. The molecule has 0 atom stereocenters. The van der Waals surface area contributed by atoms with Gasteiger partial charge in [-0.25, -0.2) is 4.98 Å². The molecule has 2 heterocycles. The molecule has 8 nitrogen and oxygen atoms in total. The van der Waals surface area contributed by atoms with Crippen molar-refractivity contribution in [1.82, 2.24) is 25.0 Å². The Kier molecular flexibility index (Phi) is 4.91. The normalized spacial score (nSPS) is 10.7. The van der Waals surface area contributed by atoms with Gasteiger partial charge in [0.05, 0.1) is 31.0 Å². The summed E-state index contributed by atoms with van der Waals surface area (Å²) in [5.41, 5.74) is 4.79. The van der Waals surface area contributed by atoms with Crippen LogP contribution in [0.15, 0.2) is 54.7 Å². The zero-order chi connectivity index (χ0) is 19.3. The maximum atomic E-state index is 8.92. The van der Waals surface area contributed by atoms with Crippen LogP contribution in [0.4, 0.5) is 11.6 Å². The molecule has 0 unspecified atom stereocenters. The molecule has 0 saturated heterocycles. The molecule has 0 aliphatic heterocycles. The number of aromatic nitrogens is 5. The standard InChI is InChI=1S/C20H17N7O/c1-28-13-15-5-2-6-16(10-15)23-20-22-12-18-19(24-20)27(26-25-18)17-7-3-4-14(11-17)8-9-21/h2-7,10-12H,8,13H2,1H3,(H,22,23,24). The largest absolute Gasteiger partial charge is 0.380 e. The first kappa shape index (κ1) is 17.6. The molecule has 0 radical (unpaired) electrons. The second-order valence-corrected chi connectivity index (χ2v) is 6.17. The number of nitrogens with one attached hydrogen (secondary N) is 1. The molecular weight excluding hydrogens is 354 g/mol. The zero-order valence-electron chi connectivity index (χ0n) is 15.2. The predicted octanol–water partition coefficient (Wildman–Crippen LogP) is 3.17. The Morgan fingerprint density at radius 1 is 1.14 bits per heavy atom. The van der Waals surface area contributed by atoms with E-state index in [1.807, 2.05) is 48.5 Å². The van der Waals surface area contributed by atoms with Crippen molar-refractivity contribution in [3.63, 3.8) is 0 Å². The minimum atomic E-state index is 0.333. The molecule has 2 aromatic carbocycles. The topological polar surface area (TPSA) is 102 Å². The molecule has 2 aromatic heterocycles. The maximum Gasteiger partial charge on any atom is 0.229 e. The third-order valence-electron chi connectivity index (χ3n) is 4.12. The fourth-order valence-corrected chi connectivity index (χ4v) is 2.89. The van der Waals surface area contributed by atoms with Gasteiger partial charge >= 0.3 is 0 Å². The van der Waals surface area contributed by atoms with Gasteiger partial charge in [-0.1, -0.05) is 29.5 Å². The molecular formula is C20H17N7O. The molecule has 8 heteroatoms. The van der Waals surface area contributed by atoms with E-state index in [0.29, 0.717) is 30.1 Å². The lowest BCUT2D eigenvalue weighted by Crippen LogP contribution is -2.02. The Morgan fingerprint density at radius 2 is 2.00 bits per heavy atom. The van der Waals surface area contributed by atoms with Gasteiger partial charge in [0, 0.05) is 12.8 Å². The highest BCUT2D eigenvalue weighted by molar-refractivity contribution is 5.73. The Balaban J connectivity index is 1.68. The number of methoxy groups -OCH3 is 1. The first-order chi connectivity index (χ1) is 13.8. The van der Waals surface area contributed by atoms with Crippen molar-refractivity contribution in [1.29, 1.82) is 5.26 Å². The van der Waals surface area contributed by atoms with Gasteiger partial charge in [-0.3, -0.25) is 0 Å². The summed E-state index contributed by atoms with van der Waals surface area (Å²) in [4.78, 5) is 8.90. The molecule has 0 fully saturated rings. The Hall–Kier alpha value is -3.83. The van der Waals surface area contributed by atoms with E-state index in [4.69, 9.17) is 10.00 Å². The van der Waals surface area contributed by atoms with Crippen molar-refractivity contribution < 1.29 is 4.74 Å². The van der Waals surface area contributed by atoms with Crippen LogP contribution in [0.2, 0.25) is 0 Å². The SMILES string of the molecule is COCc1cccc(Nc2ncc3nnn(-c4cccc(CC#N)c4)c3n2)c1. The van der Waals surface area contributed by atoms with Gasteiger partial charge < -0.3 is 10.1 Å². The van der Waals surface area contributed by atoms with E-state index in [1.54, 1.807) is 18.0 Å². The molecule has 28 heavy (non-hydrogen) atoms. The highest BCUT2D eigenvalue weighted by atomic mass is 16.5. The number of hydrogen-bond donors (Lipinski definition) is 1. The number of nitriles is 1. The molecule has 0 aliphatic rings. The molecule has 4 aromatic rings. The zero-order valence-corrected chi connectivity index (χ0v) is 15.2. The Labute approximate surface area is 161 Å². The van der Waals surface area contributed by atoms with Gasteiger partial charge in [0.1, 0.15) is 0 Å². The first-order valence-electron chi connectivity index (χ1n) is 8.66. The summed E-state index contributed by atoms with van der Waals surface area (Å²) in [5.74, 6) is 0.443. The van der Waals surface area contributed by atoms with E-state index in [-0.39, 0.29) is 0 Å². The van der Waals surface area contributed by atoms with Crippen LogP contribution in [0, 0.1) is 11.3 Å². The van der Waals surface area contributed by atoms with Gasteiger partial charge in [-0.05, 0) is 35.4 Å². The fraction of sp³-hybridized carbons (Fsp3) is 0.150. The molecule has 0 spiro atoms. The molecule has 0 aliphatic carbocycles. The van der Waals surface area contributed by atoms with Crippen LogP contribution >= 0.6 is 0 Å². The van der Waals surface area contributed by atoms with E-state index in [1.165, 1.54) is 0 Å². The van der Waals surface area contributed by atoms with Crippen molar-refractivity contribution in [2.24, 2.45) is 0 Å². The number of hydrogen-bond acceptors (Lipinski definition) is 7. The lowest BCUT2D eigenvalue weighted by Gasteiger charge is -2.07. The number of fused-ring (bicyclic) bond motifs is 1. The van der Waals surface area contributed by atoms with Gasteiger partial charge in [0.25, 0.3) is 0 Å². The lowest BCUT2D eigenvalue weighted by atomic mass is 10.1. The molecule has 138 valence electrons. The van der Waals surface area contributed by atoms with E-state index in [0.717, 1.165) is 22.5 Å². The summed E-state index contributed by atoms with van der Waals surface area (Å²) in [7, 11) is 1.66. The van der Waals surface area contributed by atoms with Crippen molar-refractivity contribution in [3.8, 4) is 11.8 Å². The minimum absolute atomic E-state index is 0.333. The number of rotatable bonds is 6.